The molecule has 0 aromatic heterocycles. The van der Waals surface area contributed by atoms with E-state index in [2.05, 4.69) is 5.32 Å². The van der Waals surface area contributed by atoms with Gasteiger partial charge in [-0.3, -0.25) is 9.59 Å². The lowest BCUT2D eigenvalue weighted by Gasteiger charge is -1.98. The van der Waals surface area contributed by atoms with Crippen LogP contribution in [0.25, 0.3) is 0 Å². The summed E-state index contributed by atoms with van der Waals surface area (Å²) in [6.45, 7) is 3.13. The number of nitrogens with two attached hydrogens (primary N) is 2. The molecule has 0 atom stereocenters. The first-order chi connectivity index (χ1) is 10.0. The molecular formula is C14H31N3O4. The lowest BCUT2D eigenvalue weighted by Crippen LogP contribution is -2.27. The van der Waals surface area contributed by atoms with Crippen LogP contribution in [0.15, 0.2) is 0 Å². The molecule has 0 saturated carbocycles. The number of hydrogen-bond donors (Lipinski definition) is 5. The number of carboxylic acid groups (broad SMARTS) is 2. The van der Waals surface area contributed by atoms with Crippen molar-refractivity contribution in [3.05, 3.63) is 0 Å². The summed E-state index contributed by atoms with van der Waals surface area (Å²) in [5.74, 6) is -1.48. The van der Waals surface area contributed by atoms with E-state index in [1.165, 1.54) is 0 Å². The van der Waals surface area contributed by atoms with Crippen LogP contribution in [0, 0.1) is 0 Å². The van der Waals surface area contributed by atoms with Gasteiger partial charge in [0.1, 0.15) is 0 Å². The minimum absolute atomic E-state index is 0.245. The van der Waals surface area contributed by atoms with Crippen molar-refractivity contribution in [1.82, 2.24) is 5.32 Å². The Morgan fingerprint density at radius 2 is 1.05 bits per heavy atom. The predicted octanol–water partition coefficient (Wildman–Crippen LogP) is 0.770. The molecule has 0 saturated heterocycles. The lowest BCUT2D eigenvalue weighted by atomic mass is 10.1. The van der Waals surface area contributed by atoms with E-state index in [-0.39, 0.29) is 12.8 Å². The molecule has 7 nitrogen and oxygen atoms in total. The number of hydrogen-bond acceptors (Lipinski definition) is 5. The Morgan fingerprint density at radius 3 is 1.33 bits per heavy atom. The van der Waals surface area contributed by atoms with Crippen molar-refractivity contribution in [2.75, 3.05) is 26.2 Å². The number of nitrogens with one attached hydrogen (secondary N) is 1. The first-order valence-electron chi connectivity index (χ1n) is 7.59. The standard InChI is InChI=1S/C10H18O4.C4H13N3/c11-9(12)7-5-3-1-2-4-6-8-10(13)14;5-1-3-7-4-2-6/h1-8H2,(H,11,12)(H,13,14);7H,1-6H2. The van der Waals surface area contributed by atoms with E-state index in [0.717, 1.165) is 51.6 Å². The predicted molar refractivity (Wildman–Crippen MR) is 83.2 cm³/mol. The van der Waals surface area contributed by atoms with Gasteiger partial charge in [0, 0.05) is 39.0 Å². The maximum atomic E-state index is 10.1. The van der Waals surface area contributed by atoms with Gasteiger partial charge >= 0.3 is 11.9 Å². The lowest BCUT2D eigenvalue weighted by molar-refractivity contribution is -0.138. The van der Waals surface area contributed by atoms with E-state index in [9.17, 15) is 9.59 Å². The third-order valence-electron chi connectivity index (χ3n) is 2.67. The normalized spacial score (nSPS) is 9.81. The fourth-order valence-electron chi connectivity index (χ4n) is 1.59. The molecule has 0 aliphatic heterocycles. The van der Waals surface area contributed by atoms with Crippen LogP contribution in [0.5, 0.6) is 0 Å². The van der Waals surface area contributed by atoms with E-state index in [4.69, 9.17) is 21.7 Å². The Hall–Kier alpha value is -1.18. The third-order valence-corrected chi connectivity index (χ3v) is 2.67. The van der Waals surface area contributed by atoms with Crippen molar-refractivity contribution in [3.8, 4) is 0 Å². The number of aliphatic carboxylic acids is 2. The number of carboxylic acids is 2. The van der Waals surface area contributed by atoms with Gasteiger partial charge in [0.15, 0.2) is 0 Å². The largest absolute Gasteiger partial charge is 0.481 e. The Labute approximate surface area is 127 Å². The Kier molecular flexibility index (Phi) is 19.8. The Morgan fingerprint density at radius 1 is 0.714 bits per heavy atom. The summed E-state index contributed by atoms with van der Waals surface area (Å²) < 4.78 is 0. The van der Waals surface area contributed by atoms with Crippen LogP contribution in [0.2, 0.25) is 0 Å². The first kappa shape index (κ1) is 22.1. The molecule has 0 rings (SSSR count). The molecule has 7 heteroatoms. The molecule has 0 radical (unpaired) electrons. The van der Waals surface area contributed by atoms with Crippen molar-refractivity contribution < 1.29 is 19.8 Å². The minimum atomic E-state index is -0.740. The van der Waals surface area contributed by atoms with Gasteiger partial charge in [-0.05, 0) is 12.8 Å². The molecule has 0 aromatic rings. The average Bonchev–Trinajstić information content (AvgIpc) is 2.42. The van der Waals surface area contributed by atoms with Crippen LogP contribution in [-0.4, -0.2) is 48.3 Å². The van der Waals surface area contributed by atoms with Gasteiger partial charge in [0.25, 0.3) is 0 Å². The van der Waals surface area contributed by atoms with Crippen LogP contribution < -0.4 is 16.8 Å². The molecule has 0 fully saturated rings. The molecular weight excluding hydrogens is 274 g/mol. The molecule has 0 amide bonds. The zero-order valence-electron chi connectivity index (χ0n) is 12.9. The maximum Gasteiger partial charge on any atom is 0.303 e. The second-order valence-corrected chi connectivity index (χ2v) is 4.74. The highest BCUT2D eigenvalue weighted by molar-refractivity contribution is 5.66. The Balaban J connectivity index is 0. The van der Waals surface area contributed by atoms with Crippen LogP contribution in [-0.2, 0) is 9.59 Å². The van der Waals surface area contributed by atoms with Gasteiger partial charge in [0.05, 0.1) is 0 Å². The molecule has 0 bridgehead atoms. The van der Waals surface area contributed by atoms with Crippen LogP contribution in [0.1, 0.15) is 51.4 Å². The average molecular weight is 305 g/mol. The summed E-state index contributed by atoms with van der Waals surface area (Å²) in [6.07, 6.45) is 5.82. The van der Waals surface area contributed by atoms with E-state index >= 15 is 0 Å². The SMILES string of the molecule is NCCNCCN.O=C(O)CCCCCCCCC(=O)O. The van der Waals surface area contributed by atoms with Crippen molar-refractivity contribution in [2.24, 2.45) is 11.5 Å². The molecule has 0 spiro atoms. The maximum absolute atomic E-state index is 10.1. The van der Waals surface area contributed by atoms with E-state index in [1.54, 1.807) is 0 Å². The summed E-state index contributed by atoms with van der Waals surface area (Å²) >= 11 is 0. The van der Waals surface area contributed by atoms with Crippen molar-refractivity contribution >= 4 is 11.9 Å². The highest BCUT2D eigenvalue weighted by Gasteiger charge is 1.98. The highest BCUT2D eigenvalue weighted by Crippen LogP contribution is 2.08. The summed E-state index contributed by atoms with van der Waals surface area (Å²) in [4.78, 5) is 20.3. The monoisotopic (exact) mass is 305 g/mol. The fourth-order valence-corrected chi connectivity index (χ4v) is 1.59. The Bertz CT molecular complexity index is 226. The summed E-state index contributed by atoms with van der Waals surface area (Å²) in [5, 5.41) is 19.7. The molecule has 21 heavy (non-hydrogen) atoms. The van der Waals surface area contributed by atoms with Gasteiger partial charge in [0.2, 0.25) is 0 Å². The molecule has 0 aliphatic rings. The molecule has 0 unspecified atom stereocenters. The third kappa shape index (κ3) is 27.9. The number of unbranched alkanes of at least 4 members (excludes halogenated alkanes) is 5. The summed E-state index contributed by atoms with van der Waals surface area (Å²) in [6, 6.07) is 0. The second kappa shape index (κ2) is 18.8. The summed E-state index contributed by atoms with van der Waals surface area (Å²) in [7, 11) is 0. The van der Waals surface area contributed by atoms with Crippen LogP contribution in [0.4, 0.5) is 0 Å². The smallest absolute Gasteiger partial charge is 0.303 e. The quantitative estimate of drug-likeness (QED) is 0.317. The van der Waals surface area contributed by atoms with E-state index in [1.807, 2.05) is 0 Å². The van der Waals surface area contributed by atoms with E-state index < -0.39 is 11.9 Å². The highest BCUT2D eigenvalue weighted by atomic mass is 16.4. The van der Waals surface area contributed by atoms with Gasteiger partial charge in [-0.1, -0.05) is 25.7 Å². The van der Waals surface area contributed by atoms with Gasteiger partial charge in [-0.2, -0.15) is 0 Å². The van der Waals surface area contributed by atoms with Crippen LogP contribution >= 0.6 is 0 Å². The van der Waals surface area contributed by atoms with Gasteiger partial charge in [-0.25, -0.2) is 0 Å². The number of rotatable bonds is 13. The fraction of sp³-hybridized carbons (Fsp3) is 0.857. The van der Waals surface area contributed by atoms with E-state index in [0.29, 0.717) is 13.1 Å². The zero-order chi connectivity index (χ0) is 16.3. The molecule has 7 N–H and O–H groups in total. The second-order valence-electron chi connectivity index (χ2n) is 4.74. The molecule has 0 aliphatic carbocycles. The minimum Gasteiger partial charge on any atom is -0.481 e. The van der Waals surface area contributed by atoms with Crippen LogP contribution in [0.3, 0.4) is 0 Å². The summed E-state index contributed by atoms with van der Waals surface area (Å²) in [5.41, 5.74) is 10.3. The topological polar surface area (TPSA) is 139 Å². The van der Waals surface area contributed by atoms with Gasteiger partial charge < -0.3 is 27.0 Å². The van der Waals surface area contributed by atoms with Crippen molar-refractivity contribution in [2.45, 2.75) is 51.4 Å². The molecule has 0 heterocycles. The van der Waals surface area contributed by atoms with Gasteiger partial charge in [-0.15, -0.1) is 0 Å². The molecule has 0 aromatic carbocycles. The molecule has 126 valence electrons. The number of carbonyl (C=O) groups is 2. The first-order valence-corrected chi connectivity index (χ1v) is 7.59. The zero-order valence-corrected chi connectivity index (χ0v) is 12.9. The van der Waals surface area contributed by atoms with Crippen molar-refractivity contribution in [1.29, 1.82) is 0 Å². The van der Waals surface area contributed by atoms with Crippen molar-refractivity contribution in [3.63, 3.8) is 0 Å².